The highest BCUT2D eigenvalue weighted by molar-refractivity contribution is 9.10. The molecule has 0 unspecified atom stereocenters. The van der Waals surface area contributed by atoms with Gasteiger partial charge < -0.3 is 9.84 Å². The summed E-state index contributed by atoms with van der Waals surface area (Å²) in [5.41, 5.74) is 0.178. The van der Waals surface area contributed by atoms with Crippen LogP contribution in [0.25, 0.3) is 10.8 Å². The van der Waals surface area contributed by atoms with Crippen molar-refractivity contribution >= 4 is 32.7 Å². The third-order valence-electron chi connectivity index (χ3n) is 2.36. The first-order valence-corrected chi connectivity index (χ1v) is 5.42. The highest BCUT2D eigenvalue weighted by Crippen LogP contribution is 2.30. The number of hydrogen-bond acceptors (Lipinski definition) is 3. The number of rotatable bonds is 1. The van der Waals surface area contributed by atoms with E-state index >= 15 is 0 Å². The van der Waals surface area contributed by atoms with Gasteiger partial charge in [-0.3, -0.25) is 0 Å². The van der Waals surface area contributed by atoms with E-state index in [1.54, 1.807) is 18.2 Å². The lowest BCUT2D eigenvalue weighted by molar-refractivity contribution is 0.0598. The van der Waals surface area contributed by atoms with Crippen LogP contribution in [0.15, 0.2) is 34.8 Å². The van der Waals surface area contributed by atoms with Crippen molar-refractivity contribution in [2.24, 2.45) is 0 Å². The first kappa shape index (κ1) is 11.0. The maximum atomic E-state index is 11.4. The second kappa shape index (κ2) is 4.14. The minimum atomic E-state index is -0.540. The fourth-order valence-electron chi connectivity index (χ4n) is 1.56. The molecule has 0 aliphatic carbocycles. The maximum Gasteiger partial charge on any atom is 0.341 e. The molecule has 2 rings (SSSR count). The van der Waals surface area contributed by atoms with E-state index in [1.807, 2.05) is 12.1 Å². The summed E-state index contributed by atoms with van der Waals surface area (Å²) < 4.78 is 5.50. The van der Waals surface area contributed by atoms with E-state index in [2.05, 4.69) is 20.7 Å². The van der Waals surface area contributed by atoms with Crippen LogP contribution in [0.4, 0.5) is 0 Å². The fraction of sp³-hybridized carbons (Fsp3) is 0.0833. The van der Waals surface area contributed by atoms with Crippen LogP contribution in [-0.4, -0.2) is 18.2 Å². The number of benzene rings is 2. The van der Waals surface area contributed by atoms with Crippen molar-refractivity contribution in [3.05, 3.63) is 40.4 Å². The molecule has 0 saturated carbocycles. The Hall–Kier alpha value is -1.55. The third-order valence-corrected chi connectivity index (χ3v) is 2.85. The Morgan fingerprint density at radius 2 is 2.06 bits per heavy atom. The molecule has 0 aliphatic heterocycles. The molecular formula is C12H9BrO3. The predicted octanol–water partition coefficient (Wildman–Crippen LogP) is 3.09. The van der Waals surface area contributed by atoms with Crippen molar-refractivity contribution < 1.29 is 14.6 Å². The van der Waals surface area contributed by atoms with Crippen molar-refractivity contribution in [2.45, 2.75) is 0 Å². The molecule has 2 aromatic carbocycles. The molecule has 0 heterocycles. The van der Waals surface area contributed by atoms with E-state index in [0.717, 1.165) is 9.86 Å². The van der Waals surface area contributed by atoms with Crippen molar-refractivity contribution in [2.75, 3.05) is 7.11 Å². The molecule has 1 N–H and O–H groups in total. The molecule has 0 aliphatic rings. The first-order chi connectivity index (χ1) is 7.63. The number of fused-ring (bicyclic) bond motifs is 1. The lowest BCUT2D eigenvalue weighted by Gasteiger charge is -2.06. The average molecular weight is 281 g/mol. The van der Waals surface area contributed by atoms with Gasteiger partial charge in [-0.25, -0.2) is 4.79 Å². The number of phenolic OH excluding ortho intramolecular Hbond substituents is 1. The minimum absolute atomic E-state index is 0.0446. The Bertz CT molecular complexity index is 563. The van der Waals surface area contributed by atoms with E-state index in [9.17, 15) is 9.90 Å². The summed E-state index contributed by atoms with van der Waals surface area (Å²) in [4.78, 5) is 11.4. The van der Waals surface area contributed by atoms with E-state index < -0.39 is 5.97 Å². The molecule has 0 radical (unpaired) electrons. The average Bonchev–Trinajstić information content (AvgIpc) is 2.28. The van der Waals surface area contributed by atoms with Gasteiger partial charge in [-0.15, -0.1) is 0 Å². The molecule has 0 saturated heterocycles. The molecule has 82 valence electrons. The summed E-state index contributed by atoms with van der Waals surface area (Å²) in [5, 5.41) is 11.4. The number of halogens is 1. The molecule has 16 heavy (non-hydrogen) atoms. The van der Waals surface area contributed by atoms with E-state index in [0.29, 0.717) is 5.39 Å². The smallest absolute Gasteiger partial charge is 0.341 e. The highest BCUT2D eigenvalue weighted by atomic mass is 79.9. The van der Waals surface area contributed by atoms with E-state index in [1.165, 1.54) is 7.11 Å². The number of esters is 1. The summed E-state index contributed by atoms with van der Waals surface area (Å²) >= 11 is 3.34. The summed E-state index contributed by atoms with van der Waals surface area (Å²) in [5.74, 6) is -0.584. The van der Waals surface area contributed by atoms with Gasteiger partial charge >= 0.3 is 5.97 Å². The lowest BCUT2D eigenvalue weighted by Crippen LogP contribution is -2.01. The van der Waals surface area contributed by atoms with Gasteiger partial charge in [-0.2, -0.15) is 0 Å². The van der Waals surface area contributed by atoms with Gasteiger partial charge in [-0.1, -0.05) is 22.0 Å². The SMILES string of the molecule is COC(=O)c1ccc2cc(Br)ccc2c1O. The summed E-state index contributed by atoms with van der Waals surface area (Å²) in [6, 6.07) is 8.75. The van der Waals surface area contributed by atoms with Gasteiger partial charge in [0.2, 0.25) is 0 Å². The normalized spacial score (nSPS) is 10.4. The van der Waals surface area contributed by atoms with Crippen molar-refractivity contribution in [3.63, 3.8) is 0 Å². The lowest BCUT2D eigenvalue weighted by atomic mass is 10.1. The first-order valence-electron chi connectivity index (χ1n) is 4.63. The summed E-state index contributed by atoms with van der Waals surface area (Å²) in [6.45, 7) is 0. The second-order valence-corrected chi connectivity index (χ2v) is 4.23. The number of carbonyl (C=O) groups excluding carboxylic acids is 1. The highest BCUT2D eigenvalue weighted by Gasteiger charge is 2.13. The van der Waals surface area contributed by atoms with Gasteiger partial charge in [0.05, 0.1) is 7.11 Å². The van der Waals surface area contributed by atoms with Crippen LogP contribution in [0.3, 0.4) is 0 Å². The number of aromatic hydroxyl groups is 1. The number of hydrogen-bond donors (Lipinski definition) is 1. The van der Waals surface area contributed by atoms with Crippen LogP contribution in [-0.2, 0) is 4.74 Å². The van der Waals surface area contributed by atoms with E-state index in [-0.39, 0.29) is 11.3 Å². The maximum absolute atomic E-state index is 11.4. The predicted molar refractivity (Wildman–Crippen MR) is 64.7 cm³/mol. The Balaban J connectivity index is 2.70. The molecule has 0 amide bonds. The van der Waals surface area contributed by atoms with Gasteiger partial charge in [-0.05, 0) is 29.7 Å². The number of phenols is 1. The standard InChI is InChI=1S/C12H9BrO3/c1-16-12(15)10-4-2-7-6-8(13)3-5-9(7)11(10)14/h2-6,14H,1H3. The van der Waals surface area contributed by atoms with Crippen molar-refractivity contribution in [3.8, 4) is 5.75 Å². The van der Waals surface area contributed by atoms with Gasteiger partial charge in [0.25, 0.3) is 0 Å². The largest absolute Gasteiger partial charge is 0.506 e. The van der Waals surface area contributed by atoms with Crippen LogP contribution in [0.1, 0.15) is 10.4 Å². The summed E-state index contributed by atoms with van der Waals surface area (Å²) in [7, 11) is 1.29. The molecule has 0 aromatic heterocycles. The van der Waals surface area contributed by atoms with Crippen LogP contribution in [0.2, 0.25) is 0 Å². The quantitative estimate of drug-likeness (QED) is 0.817. The van der Waals surface area contributed by atoms with Crippen LogP contribution < -0.4 is 0 Å². The zero-order valence-electron chi connectivity index (χ0n) is 8.53. The Morgan fingerprint density at radius 1 is 1.31 bits per heavy atom. The Kier molecular flexibility index (Phi) is 2.83. The number of carbonyl (C=O) groups is 1. The van der Waals surface area contributed by atoms with Gasteiger partial charge in [0.15, 0.2) is 0 Å². The topological polar surface area (TPSA) is 46.5 Å². The number of methoxy groups -OCH3 is 1. The van der Waals surface area contributed by atoms with Crippen molar-refractivity contribution in [1.29, 1.82) is 0 Å². The third kappa shape index (κ3) is 1.76. The minimum Gasteiger partial charge on any atom is -0.506 e. The zero-order valence-corrected chi connectivity index (χ0v) is 10.1. The molecule has 0 bridgehead atoms. The van der Waals surface area contributed by atoms with Crippen LogP contribution >= 0.6 is 15.9 Å². The van der Waals surface area contributed by atoms with Crippen LogP contribution in [0.5, 0.6) is 5.75 Å². The second-order valence-electron chi connectivity index (χ2n) is 3.32. The molecule has 0 atom stereocenters. The van der Waals surface area contributed by atoms with Crippen molar-refractivity contribution in [1.82, 2.24) is 0 Å². The Labute approximate surface area is 101 Å². The van der Waals surface area contributed by atoms with Crippen LogP contribution in [0, 0.1) is 0 Å². The monoisotopic (exact) mass is 280 g/mol. The fourth-order valence-corrected chi connectivity index (χ4v) is 1.94. The van der Waals surface area contributed by atoms with E-state index in [4.69, 9.17) is 0 Å². The van der Waals surface area contributed by atoms with Gasteiger partial charge in [0.1, 0.15) is 11.3 Å². The molecule has 4 heteroatoms. The van der Waals surface area contributed by atoms with Gasteiger partial charge in [0, 0.05) is 9.86 Å². The molecule has 3 nitrogen and oxygen atoms in total. The molecule has 2 aromatic rings. The Morgan fingerprint density at radius 3 is 2.75 bits per heavy atom. The summed E-state index contributed by atoms with van der Waals surface area (Å²) in [6.07, 6.45) is 0. The number of ether oxygens (including phenoxy) is 1. The molecular weight excluding hydrogens is 272 g/mol. The molecule has 0 spiro atoms. The zero-order chi connectivity index (χ0) is 11.7. The molecule has 0 fully saturated rings.